The Hall–Kier alpha value is -2.87. The molecule has 0 spiro atoms. The average molecular weight is 474 g/mol. The van der Waals surface area contributed by atoms with Gasteiger partial charge in [-0.1, -0.05) is 15.9 Å². The summed E-state index contributed by atoms with van der Waals surface area (Å²) >= 11 is 3.19. The monoisotopic (exact) mass is 473 g/mol. The summed E-state index contributed by atoms with van der Waals surface area (Å²) in [5, 5.41) is 3.65. The molecule has 1 aliphatic heterocycles. The molecule has 4 rings (SSSR count). The van der Waals surface area contributed by atoms with Crippen molar-refractivity contribution in [2.24, 2.45) is 5.92 Å². The predicted molar refractivity (Wildman–Crippen MR) is 116 cm³/mol. The van der Waals surface area contributed by atoms with Gasteiger partial charge in [-0.05, 0) is 48.4 Å². The first kappa shape index (κ1) is 20.4. The van der Waals surface area contributed by atoms with Crippen LogP contribution in [0.15, 0.2) is 47.1 Å². The molecule has 2 amide bonds. The summed E-state index contributed by atoms with van der Waals surface area (Å²) in [6.45, 7) is 0.841. The standard InChI is InChI=1S/C22H21BrFN3O3/c1-30-16-3-5-19-17(10-16)13(11-25-19)6-7-27-12-14(8-21(27)28)22(29)26-20-4-2-15(23)9-18(20)24/h2-5,9-11,14,25H,6-8,12H2,1H3,(H,26,29)/t14-/m0/s1. The van der Waals surface area contributed by atoms with Crippen LogP contribution in [-0.4, -0.2) is 41.9 Å². The van der Waals surface area contributed by atoms with E-state index in [1.807, 2.05) is 24.4 Å². The number of aromatic nitrogens is 1. The number of amides is 2. The molecule has 0 aliphatic carbocycles. The zero-order chi connectivity index (χ0) is 21.3. The molecule has 2 N–H and O–H groups in total. The maximum absolute atomic E-state index is 14.0. The van der Waals surface area contributed by atoms with Crippen LogP contribution in [0.25, 0.3) is 10.9 Å². The summed E-state index contributed by atoms with van der Waals surface area (Å²) in [5.74, 6) is -0.650. The maximum atomic E-state index is 14.0. The molecule has 8 heteroatoms. The molecule has 156 valence electrons. The lowest BCUT2D eigenvalue weighted by Gasteiger charge is -2.16. The Balaban J connectivity index is 1.38. The number of nitrogens with zero attached hydrogens (tertiary/aromatic N) is 1. The largest absolute Gasteiger partial charge is 0.497 e. The van der Waals surface area contributed by atoms with E-state index in [4.69, 9.17) is 4.74 Å². The fraction of sp³-hybridized carbons (Fsp3) is 0.273. The lowest BCUT2D eigenvalue weighted by Crippen LogP contribution is -2.30. The van der Waals surface area contributed by atoms with Gasteiger partial charge in [-0.15, -0.1) is 0 Å². The van der Waals surface area contributed by atoms with Gasteiger partial charge < -0.3 is 19.9 Å². The Morgan fingerprint density at radius 2 is 2.17 bits per heavy atom. The van der Waals surface area contributed by atoms with Crippen molar-refractivity contribution in [3.63, 3.8) is 0 Å². The van der Waals surface area contributed by atoms with Gasteiger partial charge in [-0.25, -0.2) is 4.39 Å². The molecule has 0 unspecified atom stereocenters. The maximum Gasteiger partial charge on any atom is 0.229 e. The van der Waals surface area contributed by atoms with Crippen LogP contribution in [0.3, 0.4) is 0 Å². The Bertz CT molecular complexity index is 1110. The van der Waals surface area contributed by atoms with Crippen LogP contribution < -0.4 is 10.1 Å². The number of rotatable bonds is 6. The number of likely N-dealkylation sites (tertiary alicyclic amines) is 1. The van der Waals surface area contributed by atoms with Crippen molar-refractivity contribution >= 4 is 44.3 Å². The third kappa shape index (κ3) is 4.18. The van der Waals surface area contributed by atoms with Crippen LogP contribution in [0, 0.1) is 11.7 Å². The van der Waals surface area contributed by atoms with E-state index < -0.39 is 11.7 Å². The number of methoxy groups -OCH3 is 1. The highest BCUT2D eigenvalue weighted by molar-refractivity contribution is 9.10. The second-order valence-electron chi connectivity index (χ2n) is 7.33. The Labute approximate surface area is 181 Å². The van der Waals surface area contributed by atoms with Crippen molar-refractivity contribution in [3.8, 4) is 5.75 Å². The molecule has 1 aliphatic rings. The number of aromatic amines is 1. The van der Waals surface area contributed by atoms with Crippen molar-refractivity contribution < 1.29 is 18.7 Å². The average Bonchev–Trinajstić information content (AvgIpc) is 3.31. The first-order chi connectivity index (χ1) is 14.4. The number of hydrogen-bond acceptors (Lipinski definition) is 3. The Morgan fingerprint density at radius 1 is 1.33 bits per heavy atom. The van der Waals surface area contributed by atoms with E-state index in [0.717, 1.165) is 22.2 Å². The molecule has 0 saturated carbocycles. The van der Waals surface area contributed by atoms with Gasteiger partial charge in [-0.2, -0.15) is 0 Å². The topological polar surface area (TPSA) is 74.4 Å². The summed E-state index contributed by atoms with van der Waals surface area (Å²) in [4.78, 5) is 29.9. The first-order valence-corrected chi connectivity index (χ1v) is 10.4. The van der Waals surface area contributed by atoms with Gasteiger partial charge in [0.25, 0.3) is 0 Å². The summed E-state index contributed by atoms with van der Waals surface area (Å²) in [6.07, 6.45) is 2.73. The highest BCUT2D eigenvalue weighted by atomic mass is 79.9. The number of carbonyl (C=O) groups is 2. The van der Waals surface area contributed by atoms with Crippen molar-refractivity contribution in [1.29, 1.82) is 0 Å². The normalized spacial score (nSPS) is 16.3. The minimum Gasteiger partial charge on any atom is -0.497 e. The predicted octanol–water partition coefficient (Wildman–Crippen LogP) is 4.11. The molecule has 2 aromatic carbocycles. The highest BCUT2D eigenvalue weighted by Gasteiger charge is 2.34. The van der Waals surface area contributed by atoms with E-state index in [9.17, 15) is 14.0 Å². The lowest BCUT2D eigenvalue weighted by atomic mass is 10.1. The van der Waals surface area contributed by atoms with Gasteiger partial charge in [0.15, 0.2) is 0 Å². The lowest BCUT2D eigenvalue weighted by molar-refractivity contribution is -0.128. The van der Waals surface area contributed by atoms with E-state index >= 15 is 0 Å². The van der Waals surface area contributed by atoms with Gasteiger partial charge >= 0.3 is 0 Å². The number of H-pyrrole nitrogens is 1. The second kappa shape index (κ2) is 8.47. The van der Waals surface area contributed by atoms with Crippen LogP contribution in [0.2, 0.25) is 0 Å². The van der Waals surface area contributed by atoms with Gasteiger partial charge in [-0.3, -0.25) is 9.59 Å². The van der Waals surface area contributed by atoms with Gasteiger partial charge in [0.1, 0.15) is 11.6 Å². The molecule has 1 aromatic heterocycles. The molecular weight excluding hydrogens is 453 g/mol. The molecule has 1 saturated heterocycles. The smallest absolute Gasteiger partial charge is 0.229 e. The van der Waals surface area contributed by atoms with Crippen molar-refractivity contribution in [2.45, 2.75) is 12.8 Å². The number of anilines is 1. The number of halogens is 2. The van der Waals surface area contributed by atoms with Crippen molar-refractivity contribution in [1.82, 2.24) is 9.88 Å². The van der Waals surface area contributed by atoms with E-state index in [0.29, 0.717) is 24.0 Å². The SMILES string of the molecule is COc1ccc2[nH]cc(CCN3C[C@@H](C(=O)Nc4ccc(Br)cc4F)CC3=O)c2c1. The molecule has 1 fully saturated rings. The number of carbonyl (C=O) groups excluding carboxylic acids is 2. The van der Waals surface area contributed by atoms with Crippen LogP contribution >= 0.6 is 15.9 Å². The number of fused-ring (bicyclic) bond motifs is 1. The molecule has 6 nitrogen and oxygen atoms in total. The van der Waals surface area contributed by atoms with Crippen LogP contribution in [0.5, 0.6) is 5.75 Å². The van der Waals surface area contributed by atoms with E-state index in [-0.39, 0.29) is 23.9 Å². The molecule has 2 heterocycles. The molecule has 1 atom stereocenters. The molecule has 3 aromatic rings. The van der Waals surface area contributed by atoms with E-state index in [2.05, 4.69) is 26.2 Å². The van der Waals surface area contributed by atoms with Crippen molar-refractivity contribution in [3.05, 3.63) is 58.4 Å². The number of benzene rings is 2. The first-order valence-electron chi connectivity index (χ1n) is 9.62. The van der Waals surface area contributed by atoms with Crippen LogP contribution in [-0.2, 0) is 16.0 Å². The molecule has 0 bridgehead atoms. The fourth-order valence-corrected chi connectivity index (χ4v) is 4.07. The van der Waals surface area contributed by atoms with E-state index in [1.165, 1.54) is 12.1 Å². The number of hydrogen-bond donors (Lipinski definition) is 2. The highest BCUT2D eigenvalue weighted by Crippen LogP contribution is 2.26. The molecular formula is C22H21BrFN3O3. The Kier molecular flexibility index (Phi) is 5.76. The number of nitrogens with one attached hydrogen (secondary N) is 2. The Morgan fingerprint density at radius 3 is 2.93 bits per heavy atom. The minimum atomic E-state index is -0.520. The molecule has 30 heavy (non-hydrogen) atoms. The number of ether oxygens (including phenoxy) is 1. The van der Waals surface area contributed by atoms with Crippen LogP contribution in [0.4, 0.5) is 10.1 Å². The second-order valence-corrected chi connectivity index (χ2v) is 8.25. The summed E-state index contributed by atoms with van der Waals surface area (Å²) in [5.41, 5.74) is 2.20. The summed E-state index contributed by atoms with van der Waals surface area (Å²) in [7, 11) is 1.63. The van der Waals surface area contributed by atoms with Gasteiger partial charge in [0.05, 0.1) is 18.7 Å². The molecule has 0 radical (unpaired) electrons. The third-order valence-electron chi connectivity index (χ3n) is 5.40. The minimum absolute atomic E-state index is 0.0659. The summed E-state index contributed by atoms with van der Waals surface area (Å²) < 4.78 is 19.9. The van der Waals surface area contributed by atoms with Gasteiger partial charge in [0, 0.05) is 41.1 Å². The zero-order valence-corrected chi connectivity index (χ0v) is 18.0. The zero-order valence-electron chi connectivity index (χ0n) is 16.4. The van der Waals surface area contributed by atoms with Gasteiger partial charge in [0.2, 0.25) is 11.8 Å². The fourth-order valence-electron chi connectivity index (χ4n) is 3.74. The quantitative estimate of drug-likeness (QED) is 0.565. The van der Waals surface area contributed by atoms with Crippen molar-refractivity contribution in [2.75, 3.05) is 25.5 Å². The third-order valence-corrected chi connectivity index (χ3v) is 5.89. The van der Waals surface area contributed by atoms with E-state index in [1.54, 1.807) is 18.1 Å². The van der Waals surface area contributed by atoms with Crippen LogP contribution in [0.1, 0.15) is 12.0 Å². The summed E-state index contributed by atoms with van der Waals surface area (Å²) in [6, 6.07) is 10.3.